The van der Waals surface area contributed by atoms with Crippen LogP contribution in [0.15, 0.2) is 73.1 Å². The van der Waals surface area contributed by atoms with Crippen molar-refractivity contribution in [3.8, 4) is 22.5 Å². The Morgan fingerprint density at radius 1 is 0.872 bits per heavy atom. The molecular formula is C27H19F6N3O3. The Morgan fingerprint density at radius 3 is 2.05 bits per heavy atom. The van der Waals surface area contributed by atoms with Crippen LogP contribution in [0.2, 0.25) is 0 Å². The second-order valence-electron chi connectivity index (χ2n) is 8.61. The number of anilines is 1. The van der Waals surface area contributed by atoms with E-state index in [9.17, 15) is 41.0 Å². The second kappa shape index (κ2) is 9.93. The first kappa shape index (κ1) is 27.4. The lowest BCUT2D eigenvalue weighted by Gasteiger charge is -2.23. The number of carbonyl (C=O) groups is 2. The van der Waals surface area contributed by atoms with Crippen LogP contribution < -0.4 is 4.90 Å². The smallest absolute Gasteiger partial charge is 0.416 e. The fraction of sp³-hybridized carbons (Fsp3) is 0.148. The van der Waals surface area contributed by atoms with Crippen LogP contribution in [-0.4, -0.2) is 33.7 Å². The van der Waals surface area contributed by atoms with Crippen LogP contribution in [0, 0.1) is 6.92 Å². The first-order chi connectivity index (χ1) is 18.2. The van der Waals surface area contributed by atoms with Gasteiger partial charge in [-0.1, -0.05) is 24.3 Å². The molecule has 0 saturated carbocycles. The minimum Gasteiger partial charge on any atom is -0.464 e. The van der Waals surface area contributed by atoms with E-state index in [2.05, 4.69) is 4.98 Å². The summed E-state index contributed by atoms with van der Waals surface area (Å²) in [6, 6.07) is 12.1. The van der Waals surface area contributed by atoms with E-state index in [1.807, 2.05) is 0 Å². The third-order valence-corrected chi connectivity index (χ3v) is 6.04. The summed E-state index contributed by atoms with van der Waals surface area (Å²) >= 11 is 0. The molecule has 1 amide bonds. The molecule has 2 aromatic heterocycles. The normalized spacial score (nSPS) is 11.9. The van der Waals surface area contributed by atoms with E-state index in [1.165, 1.54) is 37.6 Å². The summed E-state index contributed by atoms with van der Waals surface area (Å²) in [6.45, 7) is 1.77. The van der Waals surface area contributed by atoms with Gasteiger partial charge in [0.05, 0.1) is 34.4 Å². The van der Waals surface area contributed by atoms with Gasteiger partial charge in [0, 0.05) is 24.4 Å². The molecule has 4 aromatic rings. The third-order valence-electron chi connectivity index (χ3n) is 6.04. The summed E-state index contributed by atoms with van der Waals surface area (Å²) < 4.78 is 81.2. The fourth-order valence-corrected chi connectivity index (χ4v) is 4.08. The molecule has 0 aliphatic heterocycles. The minimum atomic E-state index is -5.12. The first-order valence-corrected chi connectivity index (χ1v) is 11.2. The molecule has 0 aliphatic carbocycles. The van der Waals surface area contributed by atoms with Crippen molar-refractivity contribution in [2.75, 3.05) is 11.9 Å². The number of alkyl halides is 6. The van der Waals surface area contributed by atoms with Crippen LogP contribution in [0.25, 0.3) is 22.5 Å². The Labute approximate surface area is 217 Å². The summed E-state index contributed by atoms with van der Waals surface area (Å²) in [6.07, 6.45) is -8.99. The number of hydrogen-bond donors (Lipinski definition) is 1. The second-order valence-corrected chi connectivity index (χ2v) is 8.61. The van der Waals surface area contributed by atoms with Crippen LogP contribution >= 0.6 is 0 Å². The van der Waals surface area contributed by atoms with Crippen molar-refractivity contribution >= 4 is 17.7 Å². The lowest BCUT2D eigenvalue weighted by atomic mass is 9.98. The molecule has 0 aliphatic rings. The van der Waals surface area contributed by atoms with Gasteiger partial charge in [-0.15, -0.1) is 0 Å². The van der Waals surface area contributed by atoms with Gasteiger partial charge < -0.3 is 10.0 Å². The van der Waals surface area contributed by atoms with E-state index in [-0.39, 0.29) is 23.1 Å². The molecule has 2 aromatic carbocycles. The number of rotatable bonds is 4. The van der Waals surface area contributed by atoms with Gasteiger partial charge >= 0.3 is 18.4 Å². The Bertz CT molecular complexity index is 1540. The monoisotopic (exact) mass is 547 g/mol. The maximum atomic E-state index is 13.4. The fourth-order valence-electron chi connectivity index (χ4n) is 4.08. The van der Waals surface area contributed by atoms with Crippen molar-refractivity contribution in [1.29, 1.82) is 0 Å². The maximum absolute atomic E-state index is 13.4. The number of aryl methyl sites for hydroxylation is 1. The summed E-state index contributed by atoms with van der Waals surface area (Å²) in [5, 5.41) is 9.47. The van der Waals surface area contributed by atoms with Crippen LogP contribution in [0.1, 0.15) is 27.0 Å². The standard InChI is InChI=1S/C27H19F6N3O3/c1-15-6-3-4-7-19(15)20-13-21(22-8-5-9-36(22)25(38)39)34-14-23(20)35(2)24(37)16-10-17(26(28,29)30)12-18(11-16)27(31,32)33/h3-14H,1-2H3,(H,38,39). The summed E-state index contributed by atoms with van der Waals surface area (Å²) in [5.41, 5.74) is -1.86. The average molecular weight is 547 g/mol. The van der Waals surface area contributed by atoms with E-state index in [0.717, 1.165) is 15.0 Å². The van der Waals surface area contributed by atoms with Gasteiger partial charge in [0.1, 0.15) is 0 Å². The molecule has 0 saturated heterocycles. The lowest BCUT2D eigenvalue weighted by Crippen LogP contribution is -2.28. The SMILES string of the molecule is Cc1ccccc1-c1cc(-c2cccn2C(=O)O)ncc1N(C)C(=O)c1cc(C(F)(F)F)cc(C(F)(F)F)c1. The van der Waals surface area contributed by atoms with Crippen LogP contribution in [-0.2, 0) is 12.4 Å². The van der Waals surface area contributed by atoms with Crippen molar-refractivity contribution in [2.24, 2.45) is 0 Å². The van der Waals surface area contributed by atoms with Gasteiger partial charge in [0.15, 0.2) is 0 Å². The zero-order valence-corrected chi connectivity index (χ0v) is 20.3. The number of carboxylic acid groups (broad SMARTS) is 1. The number of pyridine rings is 1. The van der Waals surface area contributed by atoms with E-state index in [1.54, 1.807) is 31.2 Å². The van der Waals surface area contributed by atoms with E-state index in [4.69, 9.17) is 0 Å². The molecule has 2 heterocycles. The summed E-state index contributed by atoms with van der Waals surface area (Å²) in [7, 11) is 1.20. The quantitative estimate of drug-likeness (QED) is 0.271. The zero-order chi connectivity index (χ0) is 28.7. The number of nitrogens with zero attached hydrogens (tertiary/aromatic N) is 3. The van der Waals surface area contributed by atoms with Crippen LogP contribution in [0.3, 0.4) is 0 Å². The summed E-state index contributed by atoms with van der Waals surface area (Å²) in [5.74, 6) is -1.13. The van der Waals surface area contributed by atoms with Gasteiger partial charge in [-0.2, -0.15) is 26.3 Å². The molecule has 6 nitrogen and oxygen atoms in total. The molecule has 0 fully saturated rings. The molecule has 4 rings (SSSR count). The van der Waals surface area contributed by atoms with Crippen molar-refractivity contribution in [3.63, 3.8) is 0 Å². The highest BCUT2D eigenvalue weighted by Crippen LogP contribution is 2.38. The van der Waals surface area contributed by atoms with E-state index in [0.29, 0.717) is 23.3 Å². The zero-order valence-electron chi connectivity index (χ0n) is 20.3. The number of aromatic nitrogens is 2. The molecule has 202 valence electrons. The minimum absolute atomic E-state index is 0.0521. The highest BCUT2D eigenvalue weighted by atomic mass is 19.4. The number of hydrogen-bond acceptors (Lipinski definition) is 3. The van der Waals surface area contributed by atoms with Gasteiger partial charge in [-0.25, -0.2) is 4.79 Å². The molecule has 39 heavy (non-hydrogen) atoms. The first-order valence-electron chi connectivity index (χ1n) is 11.2. The molecule has 0 spiro atoms. The predicted molar refractivity (Wildman–Crippen MR) is 130 cm³/mol. The van der Waals surface area contributed by atoms with Crippen LogP contribution in [0.4, 0.5) is 36.8 Å². The number of benzene rings is 2. The molecule has 0 atom stereocenters. The highest BCUT2D eigenvalue weighted by molar-refractivity contribution is 6.08. The van der Waals surface area contributed by atoms with Gasteiger partial charge in [-0.05, 0) is 54.4 Å². The number of carbonyl (C=O) groups excluding carboxylic acids is 1. The molecular weight excluding hydrogens is 528 g/mol. The summed E-state index contributed by atoms with van der Waals surface area (Å²) in [4.78, 5) is 30.1. The molecule has 0 bridgehead atoms. The average Bonchev–Trinajstić information content (AvgIpc) is 3.37. The Morgan fingerprint density at radius 2 is 1.49 bits per heavy atom. The third kappa shape index (κ3) is 5.49. The highest BCUT2D eigenvalue weighted by Gasteiger charge is 2.38. The van der Waals surface area contributed by atoms with Gasteiger partial charge in [0.2, 0.25) is 0 Å². The van der Waals surface area contributed by atoms with E-state index < -0.39 is 41.0 Å². The van der Waals surface area contributed by atoms with Gasteiger partial charge in [-0.3, -0.25) is 14.3 Å². The number of amides is 1. The van der Waals surface area contributed by atoms with E-state index >= 15 is 0 Å². The molecule has 1 N–H and O–H groups in total. The Kier molecular flexibility index (Phi) is 6.98. The van der Waals surface area contributed by atoms with Crippen molar-refractivity contribution in [1.82, 2.24) is 9.55 Å². The maximum Gasteiger partial charge on any atom is 0.416 e. The molecule has 12 heteroatoms. The molecule has 0 radical (unpaired) electrons. The van der Waals surface area contributed by atoms with Crippen LogP contribution in [0.5, 0.6) is 0 Å². The van der Waals surface area contributed by atoms with Crippen molar-refractivity contribution < 1.29 is 41.0 Å². The lowest BCUT2D eigenvalue weighted by molar-refractivity contribution is -0.143. The number of halogens is 6. The molecule has 0 unspecified atom stereocenters. The Hall–Kier alpha value is -4.61. The van der Waals surface area contributed by atoms with Gasteiger partial charge in [0.25, 0.3) is 5.91 Å². The van der Waals surface area contributed by atoms with Crippen molar-refractivity contribution in [2.45, 2.75) is 19.3 Å². The predicted octanol–water partition coefficient (Wildman–Crippen LogP) is 7.37. The Balaban J connectivity index is 1.88. The topological polar surface area (TPSA) is 75.4 Å². The largest absolute Gasteiger partial charge is 0.464 e. The van der Waals surface area contributed by atoms with Crippen molar-refractivity contribution in [3.05, 3.63) is 95.3 Å².